The van der Waals surface area contributed by atoms with E-state index in [1.165, 1.54) is 11.8 Å². The third-order valence-electron chi connectivity index (χ3n) is 4.30. The van der Waals surface area contributed by atoms with Gasteiger partial charge in [0.05, 0.1) is 22.0 Å². The summed E-state index contributed by atoms with van der Waals surface area (Å²) in [5, 5.41) is 3.80. The van der Waals surface area contributed by atoms with Gasteiger partial charge >= 0.3 is 0 Å². The van der Waals surface area contributed by atoms with E-state index >= 15 is 0 Å². The second-order valence-electron chi connectivity index (χ2n) is 6.36. The molecular formula is C19H21ClN4O2S. The lowest BCUT2D eigenvalue weighted by atomic mass is 10.2. The van der Waals surface area contributed by atoms with Crippen molar-refractivity contribution >= 4 is 46.0 Å². The third-order valence-corrected chi connectivity index (χ3v) is 5.58. The van der Waals surface area contributed by atoms with E-state index in [0.29, 0.717) is 26.9 Å². The van der Waals surface area contributed by atoms with Gasteiger partial charge in [-0.05, 0) is 38.5 Å². The van der Waals surface area contributed by atoms with E-state index in [4.69, 9.17) is 11.6 Å². The molecule has 8 heteroatoms. The number of H-pyrrole nitrogens is 1. The van der Waals surface area contributed by atoms with Gasteiger partial charge in [-0.3, -0.25) is 14.2 Å². The number of anilines is 1. The van der Waals surface area contributed by atoms with Crippen LogP contribution in [-0.2, 0) is 4.79 Å². The Bertz CT molecular complexity index is 1040. The fourth-order valence-corrected chi connectivity index (χ4v) is 3.82. The average molecular weight is 405 g/mol. The summed E-state index contributed by atoms with van der Waals surface area (Å²) in [4.78, 5) is 32.9. The predicted octanol–water partition coefficient (Wildman–Crippen LogP) is 4.39. The summed E-state index contributed by atoms with van der Waals surface area (Å²) in [6.07, 6.45) is 0.784. The van der Waals surface area contributed by atoms with Crippen LogP contribution in [0.15, 0.2) is 40.3 Å². The van der Waals surface area contributed by atoms with Crippen molar-refractivity contribution in [2.75, 3.05) is 11.1 Å². The van der Waals surface area contributed by atoms with E-state index in [1.54, 1.807) is 28.8 Å². The molecule has 1 aromatic carbocycles. The van der Waals surface area contributed by atoms with Crippen LogP contribution in [0.4, 0.5) is 5.69 Å². The summed E-state index contributed by atoms with van der Waals surface area (Å²) in [5.74, 6) is -0.0772. The second-order valence-corrected chi connectivity index (χ2v) is 7.71. The van der Waals surface area contributed by atoms with Gasteiger partial charge in [-0.1, -0.05) is 42.4 Å². The number of amides is 1. The molecule has 0 radical (unpaired) electrons. The van der Waals surface area contributed by atoms with Crippen molar-refractivity contribution in [3.05, 3.63) is 51.4 Å². The highest BCUT2D eigenvalue weighted by Crippen LogP contribution is 2.24. The lowest BCUT2D eigenvalue weighted by Crippen LogP contribution is -2.26. The first-order valence-electron chi connectivity index (χ1n) is 8.69. The Morgan fingerprint density at radius 2 is 2.15 bits per heavy atom. The van der Waals surface area contributed by atoms with Crippen molar-refractivity contribution < 1.29 is 4.79 Å². The molecule has 142 valence electrons. The van der Waals surface area contributed by atoms with E-state index in [0.717, 1.165) is 12.1 Å². The van der Waals surface area contributed by atoms with E-state index in [9.17, 15) is 9.59 Å². The van der Waals surface area contributed by atoms with Crippen LogP contribution in [0.3, 0.4) is 0 Å². The van der Waals surface area contributed by atoms with Crippen molar-refractivity contribution in [3.63, 3.8) is 0 Å². The normalized spacial score (nSPS) is 12.3. The summed E-state index contributed by atoms with van der Waals surface area (Å²) < 4.78 is 1.66. The molecule has 0 aliphatic heterocycles. The van der Waals surface area contributed by atoms with E-state index in [2.05, 4.69) is 15.3 Å². The molecule has 0 saturated heterocycles. The number of nitrogens with one attached hydrogen (secondary N) is 2. The Kier molecular flexibility index (Phi) is 5.92. The number of rotatable bonds is 6. The summed E-state index contributed by atoms with van der Waals surface area (Å²) in [7, 11) is 0. The Morgan fingerprint density at radius 3 is 2.85 bits per heavy atom. The van der Waals surface area contributed by atoms with Crippen LogP contribution in [0.25, 0.3) is 11.0 Å². The quantitative estimate of drug-likeness (QED) is 0.471. The van der Waals surface area contributed by atoms with Crippen molar-refractivity contribution in [3.8, 4) is 0 Å². The molecule has 0 unspecified atom stereocenters. The predicted molar refractivity (Wildman–Crippen MR) is 111 cm³/mol. The first kappa shape index (κ1) is 19.5. The minimum Gasteiger partial charge on any atom is -0.353 e. The van der Waals surface area contributed by atoms with Gasteiger partial charge in [0.25, 0.3) is 5.56 Å². The van der Waals surface area contributed by atoms with Crippen LogP contribution in [0.5, 0.6) is 0 Å². The number of carbonyl (C=O) groups is 1. The number of carbonyl (C=O) groups excluding carboxylic acids is 1. The highest BCUT2D eigenvalue weighted by atomic mass is 35.5. The molecule has 1 amide bonds. The van der Waals surface area contributed by atoms with Crippen LogP contribution in [0.2, 0.25) is 5.02 Å². The van der Waals surface area contributed by atoms with Gasteiger partial charge in [-0.2, -0.15) is 0 Å². The van der Waals surface area contributed by atoms with Crippen LogP contribution in [-0.4, -0.2) is 26.2 Å². The first-order valence-corrected chi connectivity index (χ1v) is 10.1. The Hall–Kier alpha value is -2.25. The lowest BCUT2D eigenvalue weighted by Gasteiger charge is -2.17. The largest absolute Gasteiger partial charge is 0.353 e. The number of hydrogen-bond donors (Lipinski definition) is 2. The molecule has 0 bridgehead atoms. The molecule has 2 heterocycles. The number of benzene rings is 1. The lowest BCUT2D eigenvalue weighted by molar-refractivity contribution is -0.113. The molecule has 3 rings (SSSR count). The molecule has 27 heavy (non-hydrogen) atoms. The maximum atomic E-state index is 12.9. The zero-order valence-corrected chi connectivity index (χ0v) is 16.9. The number of aryl methyl sites for hydroxylation is 1. The summed E-state index contributed by atoms with van der Waals surface area (Å²) >= 11 is 7.32. The molecule has 0 spiro atoms. The minimum atomic E-state index is -0.205. The van der Waals surface area contributed by atoms with Gasteiger partial charge in [0.2, 0.25) is 5.91 Å². The van der Waals surface area contributed by atoms with E-state index in [1.807, 2.05) is 26.8 Å². The minimum absolute atomic E-state index is 0.0212. The van der Waals surface area contributed by atoms with Crippen LogP contribution >= 0.6 is 23.4 Å². The smallest absolute Gasteiger partial charge is 0.278 e. The average Bonchev–Trinajstić information content (AvgIpc) is 3.02. The van der Waals surface area contributed by atoms with Gasteiger partial charge in [0, 0.05) is 11.7 Å². The highest BCUT2D eigenvalue weighted by Gasteiger charge is 2.18. The molecule has 2 N–H and O–H groups in total. The SMILES string of the molecule is CC[C@@H](C)n1c(SCC(=O)Nc2ccccc2Cl)nc2cc(C)[nH]c2c1=O. The summed E-state index contributed by atoms with van der Waals surface area (Å²) in [5.41, 5.74) is 2.44. The number of halogens is 1. The summed E-state index contributed by atoms with van der Waals surface area (Å²) in [6.45, 7) is 5.87. The maximum absolute atomic E-state index is 12.9. The maximum Gasteiger partial charge on any atom is 0.278 e. The number of hydrogen-bond acceptors (Lipinski definition) is 4. The Labute approximate surface area is 166 Å². The number of fused-ring (bicyclic) bond motifs is 1. The van der Waals surface area contributed by atoms with Crippen molar-refractivity contribution in [2.24, 2.45) is 0 Å². The zero-order chi connectivity index (χ0) is 19.6. The van der Waals surface area contributed by atoms with Crippen LogP contribution in [0.1, 0.15) is 32.0 Å². The zero-order valence-electron chi connectivity index (χ0n) is 15.4. The molecule has 0 fully saturated rings. The summed E-state index contributed by atoms with van der Waals surface area (Å²) in [6, 6.07) is 8.88. The van der Waals surface area contributed by atoms with Crippen LogP contribution < -0.4 is 10.9 Å². The van der Waals surface area contributed by atoms with Gasteiger partial charge in [-0.15, -0.1) is 0 Å². The molecule has 2 aromatic heterocycles. The first-order chi connectivity index (χ1) is 12.9. The van der Waals surface area contributed by atoms with Crippen molar-refractivity contribution in [1.29, 1.82) is 0 Å². The standard InChI is InChI=1S/C19H21ClN4O2S/c1-4-12(3)24-18(26)17-15(9-11(2)21-17)23-19(24)27-10-16(25)22-14-8-6-5-7-13(14)20/h5-9,12,21H,4,10H2,1-3H3,(H,22,25)/t12-/m1/s1. The topological polar surface area (TPSA) is 79.8 Å². The molecule has 0 aliphatic rings. The number of para-hydroxylation sites is 1. The van der Waals surface area contributed by atoms with Crippen molar-refractivity contribution in [1.82, 2.24) is 14.5 Å². The molecular weight excluding hydrogens is 384 g/mol. The van der Waals surface area contributed by atoms with E-state index in [-0.39, 0.29) is 23.3 Å². The number of nitrogens with zero attached hydrogens (tertiary/aromatic N) is 2. The number of aromatic amines is 1. The van der Waals surface area contributed by atoms with Gasteiger partial charge < -0.3 is 10.3 Å². The fraction of sp³-hybridized carbons (Fsp3) is 0.316. The monoisotopic (exact) mass is 404 g/mol. The molecule has 1 atom stereocenters. The molecule has 3 aromatic rings. The Balaban J connectivity index is 1.86. The molecule has 0 aliphatic carbocycles. The van der Waals surface area contributed by atoms with Gasteiger partial charge in [0.1, 0.15) is 5.52 Å². The molecule has 0 saturated carbocycles. The van der Waals surface area contributed by atoms with Gasteiger partial charge in [-0.25, -0.2) is 4.98 Å². The highest BCUT2D eigenvalue weighted by molar-refractivity contribution is 7.99. The number of thioether (sulfide) groups is 1. The third kappa shape index (κ3) is 4.20. The van der Waals surface area contributed by atoms with Crippen molar-refractivity contribution in [2.45, 2.75) is 38.4 Å². The molecule has 6 nitrogen and oxygen atoms in total. The van der Waals surface area contributed by atoms with Crippen LogP contribution in [0, 0.1) is 6.92 Å². The number of aromatic nitrogens is 3. The fourth-order valence-electron chi connectivity index (χ4n) is 2.74. The van der Waals surface area contributed by atoms with E-state index < -0.39 is 0 Å². The second kappa shape index (κ2) is 8.19. The Morgan fingerprint density at radius 1 is 1.41 bits per heavy atom. The van der Waals surface area contributed by atoms with Gasteiger partial charge in [0.15, 0.2) is 5.16 Å².